The Morgan fingerprint density at radius 2 is 1.90 bits per heavy atom. The predicted molar refractivity (Wildman–Crippen MR) is 113 cm³/mol. The van der Waals surface area contributed by atoms with Gasteiger partial charge in [-0.2, -0.15) is 0 Å². The molecule has 4 nitrogen and oxygen atoms in total. The molecule has 0 aliphatic heterocycles. The number of anilines is 1. The number of amides is 1. The molecule has 0 spiro atoms. The molecule has 0 fully saturated rings. The lowest BCUT2D eigenvalue weighted by molar-refractivity contribution is -0.114. The second-order valence-electron chi connectivity index (χ2n) is 6.65. The van der Waals surface area contributed by atoms with Gasteiger partial charge in [-0.05, 0) is 47.5 Å². The Balaban J connectivity index is 1.90. The van der Waals surface area contributed by atoms with Crippen molar-refractivity contribution in [2.75, 3.05) is 12.4 Å². The summed E-state index contributed by atoms with van der Waals surface area (Å²) < 4.78 is 20.7. The van der Waals surface area contributed by atoms with Gasteiger partial charge in [-0.3, -0.25) is 4.79 Å². The van der Waals surface area contributed by atoms with E-state index in [9.17, 15) is 9.90 Å². The smallest absolute Gasteiger partial charge is 0.221 e. The first-order valence-electron chi connectivity index (χ1n) is 9.06. The monoisotopic (exact) mass is 413 g/mol. The Hall–Kier alpha value is -2.89. The minimum absolute atomic E-state index is 0.161. The molecule has 1 unspecified atom stereocenters. The van der Waals surface area contributed by atoms with E-state index in [4.69, 9.17) is 16.3 Å². The molecular formula is C23H21ClFNO3. The van der Waals surface area contributed by atoms with E-state index in [1.807, 2.05) is 0 Å². The molecule has 0 aliphatic rings. The quantitative estimate of drug-likeness (QED) is 0.569. The van der Waals surface area contributed by atoms with Crippen molar-refractivity contribution in [2.45, 2.75) is 19.4 Å². The first-order chi connectivity index (χ1) is 13.9. The van der Waals surface area contributed by atoms with Crippen molar-refractivity contribution >= 4 is 23.2 Å². The number of aliphatic hydroxyl groups excluding tert-OH is 1. The van der Waals surface area contributed by atoms with Crippen LogP contribution >= 0.6 is 11.6 Å². The number of hydrogen-bond donors (Lipinski definition) is 2. The highest BCUT2D eigenvalue weighted by atomic mass is 35.5. The maximum absolute atomic E-state index is 15.4. The highest BCUT2D eigenvalue weighted by Crippen LogP contribution is 2.37. The van der Waals surface area contributed by atoms with Crippen LogP contribution in [0.3, 0.4) is 0 Å². The number of nitrogens with one attached hydrogen (secondary N) is 1. The topological polar surface area (TPSA) is 58.6 Å². The van der Waals surface area contributed by atoms with Crippen molar-refractivity contribution in [3.8, 4) is 16.9 Å². The van der Waals surface area contributed by atoms with E-state index in [1.165, 1.54) is 20.1 Å². The van der Waals surface area contributed by atoms with Crippen molar-refractivity contribution in [2.24, 2.45) is 0 Å². The van der Waals surface area contributed by atoms with Crippen molar-refractivity contribution in [1.29, 1.82) is 0 Å². The zero-order valence-electron chi connectivity index (χ0n) is 16.1. The Morgan fingerprint density at radius 1 is 1.17 bits per heavy atom. The van der Waals surface area contributed by atoms with Gasteiger partial charge in [0.15, 0.2) is 0 Å². The maximum atomic E-state index is 15.4. The third-order valence-corrected chi connectivity index (χ3v) is 4.76. The molecule has 150 valence electrons. The van der Waals surface area contributed by atoms with E-state index in [2.05, 4.69) is 5.32 Å². The lowest BCUT2D eigenvalue weighted by atomic mass is 9.95. The van der Waals surface area contributed by atoms with Gasteiger partial charge in [0.2, 0.25) is 5.91 Å². The average Bonchev–Trinajstić information content (AvgIpc) is 2.68. The molecule has 3 rings (SSSR count). The Morgan fingerprint density at radius 3 is 2.52 bits per heavy atom. The zero-order valence-corrected chi connectivity index (χ0v) is 16.8. The Kier molecular flexibility index (Phi) is 6.52. The lowest BCUT2D eigenvalue weighted by Gasteiger charge is -2.17. The number of carbonyl (C=O) groups excluding carboxylic acids is 1. The summed E-state index contributed by atoms with van der Waals surface area (Å²) in [6.45, 7) is 1.43. The minimum Gasteiger partial charge on any atom is -0.496 e. The van der Waals surface area contributed by atoms with Gasteiger partial charge in [0.1, 0.15) is 11.6 Å². The van der Waals surface area contributed by atoms with E-state index >= 15 is 4.39 Å². The molecule has 3 aromatic carbocycles. The number of aliphatic hydroxyl groups is 1. The van der Waals surface area contributed by atoms with Gasteiger partial charge in [0.25, 0.3) is 0 Å². The van der Waals surface area contributed by atoms with Gasteiger partial charge < -0.3 is 15.2 Å². The first kappa shape index (κ1) is 20.8. The fourth-order valence-electron chi connectivity index (χ4n) is 3.18. The molecule has 1 amide bonds. The second-order valence-corrected chi connectivity index (χ2v) is 7.09. The van der Waals surface area contributed by atoms with E-state index in [0.717, 1.165) is 5.56 Å². The molecule has 0 heterocycles. The van der Waals surface area contributed by atoms with Crippen molar-refractivity contribution in [3.05, 3.63) is 82.6 Å². The highest BCUT2D eigenvalue weighted by Gasteiger charge is 2.21. The number of carbonyl (C=O) groups is 1. The highest BCUT2D eigenvalue weighted by molar-refractivity contribution is 6.30. The van der Waals surface area contributed by atoms with E-state index in [-0.39, 0.29) is 23.5 Å². The van der Waals surface area contributed by atoms with Crippen molar-refractivity contribution in [1.82, 2.24) is 0 Å². The molecule has 2 N–H and O–H groups in total. The molecule has 0 bridgehead atoms. The van der Waals surface area contributed by atoms with Crippen LogP contribution in [0.1, 0.15) is 24.2 Å². The molecular weight excluding hydrogens is 393 g/mol. The number of halogens is 2. The summed E-state index contributed by atoms with van der Waals surface area (Å²) in [4.78, 5) is 11.1. The van der Waals surface area contributed by atoms with Crippen LogP contribution < -0.4 is 10.1 Å². The van der Waals surface area contributed by atoms with Crippen LogP contribution in [0.5, 0.6) is 5.75 Å². The van der Waals surface area contributed by atoms with Crippen molar-refractivity contribution in [3.63, 3.8) is 0 Å². The summed E-state index contributed by atoms with van der Waals surface area (Å²) in [7, 11) is 1.47. The van der Waals surface area contributed by atoms with Gasteiger partial charge in [-0.1, -0.05) is 35.9 Å². The Labute approximate surface area is 173 Å². The molecule has 0 saturated heterocycles. The van der Waals surface area contributed by atoms with Gasteiger partial charge in [0, 0.05) is 29.6 Å². The van der Waals surface area contributed by atoms with Gasteiger partial charge in [-0.15, -0.1) is 0 Å². The van der Waals surface area contributed by atoms with Crippen LogP contribution in [0.4, 0.5) is 10.1 Å². The summed E-state index contributed by atoms with van der Waals surface area (Å²) in [6, 6.07) is 17.0. The SMILES string of the molecule is COc1ccc(C(O)Cc2ccc(NC(C)=O)cc2)c(F)c1-c1cccc(Cl)c1. The summed E-state index contributed by atoms with van der Waals surface area (Å²) >= 11 is 6.06. The minimum atomic E-state index is -1.05. The summed E-state index contributed by atoms with van der Waals surface area (Å²) in [6.07, 6.45) is -0.830. The summed E-state index contributed by atoms with van der Waals surface area (Å²) in [5, 5.41) is 13.8. The number of rotatable bonds is 6. The van der Waals surface area contributed by atoms with Crippen LogP contribution in [-0.4, -0.2) is 18.1 Å². The second kappa shape index (κ2) is 9.07. The molecule has 0 aliphatic carbocycles. The maximum Gasteiger partial charge on any atom is 0.221 e. The van der Waals surface area contributed by atoms with Gasteiger partial charge in [-0.25, -0.2) is 4.39 Å². The van der Waals surface area contributed by atoms with Crippen LogP contribution in [0.15, 0.2) is 60.7 Å². The van der Waals surface area contributed by atoms with E-state index in [1.54, 1.807) is 54.6 Å². The first-order valence-corrected chi connectivity index (χ1v) is 9.43. The molecule has 0 radical (unpaired) electrons. The largest absolute Gasteiger partial charge is 0.496 e. The van der Waals surface area contributed by atoms with Crippen LogP contribution in [-0.2, 0) is 11.2 Å². The molecule has 3 aromatic rings. The lowest BCUT2D eigenvalue weighted by Crippen LogP contribution is -2.07. The molecule has 29 heavy (non-hydrogen) atoms. The van der Waals surface area contributed by atoms with Crippen LogP contribution in [0, 0.1) is 5.82 Å². The predicted octanol–water partition coefficient (Wildman–Crippen LogP) is 5.39. The van der Waals surface area contributed by atoms with E-state index in [0.29, 0.717) is 22.0 Å². The molecule has 1 atom stereocenters. The molecule has 6 heteroatoms. The number of benzene rings is 3. The fraction of sp³-hybridized carbons (Fsp3) is 0.174. The standard InChI is InChI=1S/C23H21ClFNO3/c1-14(27)26-18-8-6-15(7-9-18)12-20(28)19-10-11-21(29-2)22(23(19)25)16-4-3-5-17(24)13-16/h3-11,13,20,28H,12H2,1-2H3,(H,26,27). The normalized spacial score (nSPS) is 11.8. The number of ether oxygens (including phenoxy) is 1. The number of hydrogen-bond acceptors (Lipinski definition) is 3. The van der Waals surface area contributed by atoms with Crippen molar-refractivity contribution < 1.29 is 19.0 Å². The average molecular weight is 414 g/mol. The summed E-state index contributed by atoms with van der Waals surface area (Å²) in [5.41, 5.74) is 2.47. The summed E-state index contributed by atoms with van der Waals surface area (Å²) in [5.74, 6) is -0.346. The third-order valence-electron chi connectivity index (χ3n) is 4.53. The molecule has 0 saturated carbocycles. The zero-order chi connectivity index (χ0) is 21.0. The van der Waals surface area contributed by atoms with Crippen LogP contribution in [0.25, 0.3) is 11.1 Å². The molecule has 0 aromatic heterocycles. The van der Waals surface area contributed by atoms with E-state index < -0.39 is 11.9 Å². The van der Waals surface area contributed by atoms with Gasteiger partial charge >= 0.3 is 0 Å². The fourth-order valence-corrected chi connectivity index (χ4v) is 3.37. The number of methoxy groups -OCH3 is 1. The Bertz CT molecular complexity index is 1020. The van der Waals surface area contributed by atoms with Gasteiger partial charge in [0.05, 0.1) is 18.8 Å². The third kappa shape index (κ3) is 4.94. The van der Waals surface area contributed by atoms with Crippen LogP contribution in [0.2, 0.25) is 5.02 Å².